The Morgan fingerprint density at radius 3 is 2.79 bits per heavy atom. The van der Waals surface area contributed by atoms with Crippen LogP contribution < -0.4 is 5.73 Å². The number of sulfonamides is 1. The first-order valence-electron chi connectivity index (χ1n) is 5.41. The molecular formula is C11H13BrN4O2S. The van der Waals surface area contributed by atoms with Crippen LogP contribution in [0.2, 0.25) is 0 Å². The maximum Gasteiger partial charge on any atom is 0.243 e. The van der Waals surface area contributed by atoms with Gasteiger partial charge in [0.15, 0.2) is 0 Å². The number of halogens is 1. The van der Waals surface area contributed by atoms with E-state index in [-0.39, 0.29) is 11.4 Å². The maximum atomic E-state index is 12.3. The first-order chi connectivity index (χ1) is 8.91. The molecule has 0 saturated heterocycles. The van der Waals surface area contributed by atoms with Crippen molar-refractivity contribution in [1.82, 2.24) is 14.3 Å². The summed E-state index contributed by atoms with van der Waals surface area (Å²) in [5.41, 5.74) is 6.14. The SMILES string of the molecule is CN(Cc1ncc[nH]1)S(=O)(=O)c1ccc(N)c(Br)c1. The predicted octanol–water partition coefficient (Wildman–Crippen LogP) is 1.58. The standard InChI is InChI=1S/C11H13BrN4O2S/c1-16(7-11-14-4-5-15-11)19(17,18)8-2-3-10(13)9(12)6-8/h2-6H,7,13H2,1H3,(H,14,15). The van der Waals surface area contributed by atoms with Gasteiger partial charge in [0, 0.05) is 29.6 Å². The number of nitrogens with one attached hydrogen (secondary N) is 1. The third-order valence-corrected chi connectivity index (χ3v) is 5.09. The Bertz CT molecular complexity index is 670. The third kappa shape index (κ3) is 2.96. The van der Waals surface area contributed by atoms with Crippen molar-refractivity contribution in [2.75, 3.05) is 12.8 Å². The molecule has 0 atom stereocenters. The van der Waals surface area contributed by atoms with Crippen LogP contribution in [0.1, 0.15) is 5.82 Å². The van der Waals surface area contributed by atoms with Crippen molar-refractivity contribution in [3.63, 3.8) is 0 Å². The lowest BCUT2D eigenvalue weighted by Crippen LogP contribution is -2.27. The molecule has 0 aliphatic rings. The first kappa shape index (κ1) is 14.0. The van der Waals surface area contributed by atoms with Gasteiger partial charge in [0.05, 0.1) is 11.4 Å². The second kappa shape index (κ2) is 5.32. The van der Waals surface area contributed by atoms with Crippen LogP contribution in [0.15, 0.2) is 40.0 Å². The smallest absolute Gasteiger partial charge is 0.243 e. The number of hydrogen-bond acceptors (Lipinski definition) is 4. The van der Waals surface area contributed by atoms with E-state index in [4.69, 9.17) is 5.73 Å². The van der Waals surface area contributed by atoms with Crippen molar-refractivity contribution < 1.29 is 8.42 Å². The lowest BCUT2D eigenvalue weighted by molar-refractivity contribution is 0.458. The maximum absolute atomic E-state index is 12.3. The molecular weight excluding hydrogens is 332 g/mol. The van der Waals surface area contributed by atoms with Gasteiger partial charge in [-0.1, -0.05) is 0 Å². The number of nitrogens with two attached hydrogens (primary N) is 1. The number of imidazole rings is 1. The highest BCUT2D eigenvalue weighted by Gasteiger charge is 2.22. The van der Waals surface area contributed by atoms with E-state index in [9.17, 15) is 8.42 Å². The topological polar surface area (TPSA) is 92.1 Å². The molecule has 1 aromatic carbocycles. The number of hydrogen-bond donors (Lipinski definition) is 2. The third-order valence-electron chi connectivity index (χ3n) is 2.61. The Hall–Kier alpha value is -1.38. The van der Waals surface area contributed by atoms with Crippen molar-refractivity contribution in [1.29, 1.82) is 0 Å². The van der Waals surface area contributed by atoms with Gasteiger partial charge in [0.1, 0.15) is 5.82 Å². The zero-order valence-electron chi connectivity index (χ0n) is 10.2. The van der Waals surface area contributed by atoms with Crippen LogP contribution >= 0.6 is 15.9 Å². The van der Waals surface area contributed by atoms with E-state index >= 15 is 0 Å². The largest absolute Gasteiger partial charge is 0.398 e. The molecule has 0 fully saturated rings. The minimum atomic E-state index is -3.57. The van der Waals surface area contributed by atoms with Crippen molar-refractivity contribution in [3.8, 4) is 0 Å². The van der Waals surface area contributed by atoms with E-state index in [1.807, 2.05) is 0 Å². The van der Waals surface area contributed by atoms with Crippen LogP contribution in [0.5, 0.6) is 0 Å². The predicted molar refractivity (Wildman–Crippen MR) is 75.8 cm³/mol. The number of rotatable bonds is 4. The van der Waals surface area contributed by atoms with Crippen molar-refractivity contribution in [3.05, 3.63) is 40.9 Å². The molecule has 0 unspecified atom stereocenters. The normalized spacial score (nSPS) is 11.9. The molecule has 1 aromatic heterocycles. The average molecular weight is 345 g/mol. The van der Waals surface area contributed by atoms with Crippen molar-refractivity contribution >= 4 is 31.6 Å². The van der Waals surface area contributed by atoms with Gasteiger partial charge in [-0.2, -0.15) is 4.31 Å². The van der Waals surface area contributed by atoms with Crippen molar-refractivity contribution in [2.45, 2.75) is 11.4 Å². The number of aromatic amines is 1. The molecule has 0 spiro atoms. The van der Waals surface area contributed by atoms with E-state index in [2.05, 4.69) is 25.9 Å². The highest BCUT2D eigenvalue weighted by molar-refractivity contribution is 9.10. The van der Waals surface area contributed by atoms with Gasteiger partial charge in [-0.25, -0.2) is 13.4 Å². The Kier molecular flexibility index (Phi) is 3.93. The van der Waals surface area contributed by atoms with E-state index in [0.717, 1.165) is 0 Å². The zero-order chi connectivity index (χ0) is 14.0. The highest BCUT2D eigenvalue weighted by Crippen LogP contribution is 2.25. The molecule has 0 bridgehead atoms. The lowest BCUT2D eigenvalue weighted by Gasteiger charge is -2.16. The summed E-state index contributed by atoms with van der Waals surface area (Å²) in [6, 6.07) is 4.52. The molecule has 3 N–H and O–H groups in total. The van der Waals surface area contributed by atoms with Gasteiger partial charge in [-0.05, 0) is 34.1 Å². The summed E-state index contributed by atoms with van der Waals surface area (Å²) in [4.78, 5) is 7.05. The molecule has 6 nitrogen and oxygen atoms in total. The minimum Gasteiger partial charge on any atom is -0.398 e. The van der Waals surface area contributed by atoms with Gasteiger partial charge in [0.25, 0.3) is 0 Å². The van der Waals surface area contributed by atoms with Gasteiger partial charge >= 0.3 is 0 Å². The molecule has 102 valence electrons. The number of benzene rings is 1. The number of nitrogen functional groups attached to an aromatic ring is 1. The fraction of sp³-hybridized carbons (Fsp3) is 0.182. The molecule has 2 rings (SSSR count). The molecule has 0 radical (unpaired) electrons. The van der Waals surface area contributed by atoms with Crippen LogP contribution in [0.4, 0.5) is 5.69 Å². The summed E-state index contributed by atoms with van der Waals surface area (Å²) in [5.74, 6) is 0.584. The summed E-state index contributed by atoms with van der Waals surface area (Å²) >= 11 is 3.22. The zero-order valence-corrected chi connectivity index (χ0v) is 12.6. The Morgan fingerprint density at radius 2 is 2.21 bits per heavy atom. The fourth-order valence-corrected chi connectivity index (χ4v) is 3.22. The summed E-state index contributed by atoms with van der Waals surface area (Å²) in [6.45, 7) is 0.178. The van der Waals surface area contributed by atoms with Crippen molar-refractivity contribution in [2.24, 2.45) is 0 Å². The van der Waals surface area contributed by atoms with Crippen LogP contribution in [0, 0.1) is 0 Å². The van der Waals surface area contributed by atoms with Crippen LogP contribution in [-0.2, 0) is 16.6 Å². The monoisotopic (exact) mass is 344 g/mol. The van der Waals surface area contributed by atoms with Crippen LogP contribution in [-0.4, -0.2) is 29.7 Å². The second-order valence-corrected chi connectivity index (χ2v) is 6.88. The van der Waals surface area contributed by atoms with Crippen LogP contribution in [0.3, 0.4) is 0 Å². The molecule has 8 heteroatoms. The first-order valence-corrected chi connectivity index (χ1v) is 7.64. The van der Waals surface area contributed by atoms with E-state index < -0.39 is 10.0 Å². The van der Waals surface area contributed by atoms with Gasteiger partial charge in [-0.15, -0.1) is 0 Å². The molecule has 1 heterocycles. The molecule has 0 saturated carbocycles. The van der Waals surface area contributed by atoms with Gasteiger partial charge in [0.2, 0.25) is 10.0 Å². The Labute approximate surface area is 119 Å². The second-order valence-electron chi connectivity index (χ2n) is 3.98. The highest BCUT2D eigenvalue weighted by atomic mass is 79.9. The lowest BCUT2D eigenvalue weighted by atomic mass is 10.3. The molecule has 19 heavy (non-hydrogen) atoms. The summed E-state index contributed by atoms with van der Waals surface area (Å²) in [6.07, 6.45) is 3.23. The Morgan fingerprint density at radius 1 is 1.47 bits per heavy atom. The summed E-state index contributed by atoms with van der Waals surface area (Å²) in [5, 5.41) is 0. The number of anilines is 1. The number of aromatic nitrogens is 2. The minimum absolute atomic E-state index is 0.178. The molecule has 2 aromatic rings. The van der Waals surface area contributed by atoms with E-state index in [1.165, 1.54) is 23.5 Å². The quantitative estimate of drug-likeness (QED) is 0.823. The van der Waals surface area contributed by atoms with Gasteiger partial charge < -0.3 is 10.7 Å². The van der Waals surface area contributed by atoms with Gasteiger partial charge in [-0.3, -0.25) is 0 Å². The molecule has 0 aliphatic carbocycles. The summed E-state index contributed by atoms with van der Waals surface area (Å²) in [7, 11) is -2.06. The van der Waals surface area contributed by atoms with E-state index in [1.54, 1.807) is 18.5 Å². The summed E-state index contributed by atoms with van der Waals surface area (Å²) < 4.78 is 26.5. The Balaban J connectivity index is 2.28. The number of H-pyrrole nitrogens is 1. The fourth-order valence-electron chi connectivity index (χ4n) is 1.53. The number of nitrogens with zero attached hydrogens (tertiary/aromatic N) is 2. The van der Waals surface area contributed by atoms with E-state index in [0.29, 0.717) is 16.0 Å². The van der Waals surface area contributed by atoms with Crippen LogP contribution in [0.25, 0.3) is 0 Å². The molecule has 0 amide bonds. The molecule has 0 aliphatic heterocycles. The average Bonchev–Trinajstić information content (AvgIpc) is 2.85.